The zero-order chi connectivity index (χ0) is 19.1. The van der Waals surface area contributed by atoms with Crippen LogP contribution >= 0.6 is 22.9 Å². The Balaban J connectivity index is 1.66. The molecule has 0 fully saturated rings. The SMILES string of the molecule is CCc1cc(-c2ccc(-c3ccccc3)cc2)cc2c1sc1ccc(Cl)cc12. The Morgan fingerprint density at radius 3 is 2.07 bits per heavy atom. The maximum Gasteiger partial charge on any atom is 0.0413 e. The minimum atomic E-state index is 0.794. The van der Waals surface area contributed by atoms with Crippen molar-refractivity contribution in [3.8, 4) is 22.3 Å². The van der Waals surface area contributed by atoms with Gasteiger partial charge in [-0.05, 0) is 64.6 Å². The molecule has 28 heavy (non-hydrogen) atoms. The second-order valence-corrected chi connectivity index (χ2v) is 8.54. The molecule has 0 unspecified atom stereocenters. The molecule has 0 aliphatic heterocycles. The molecule has 0 atom stereocenters. The van der Waals surface area contributed by atoms with Crippen LogP contribution in [0.3, 0.4) is 0 Å². The molecule has 0 aliphatic carbocycles. The molecule has 0 saturated heterocycles. The van der Waals surface area contributed by atoms with E-state index in [0.717, 1.165) is 11.4 Å². The molecule has 0 radical (unpaired) electrons. The standard InChI is InChI=1S/C26H19ClS/c1-2-17-14-21(15-24-23-16-22(27)12-13-25(23)28-26(17)24)20-10-8-19(9-11-20)18-6-4-3-5-7-18/h3-16H,2H2,1H3. The average Bonchev–Trinajstić information content (AvgIpc) is 3.11. The first-order valence-corrected chi connectivity index (χ1v) is 10.7. The average molecular weight is 399 g/mol. The minimum Gasteiger partial charge on any atom is -0.135 e. The number of fused-ring (bicyclic) bond motifs is 3. The molecular formula is C26H19ClS. The number of halogens is 1. The van der Waals surface area contributed by atoms with Gasteiger partial charge in [-0.15, -0.1) is 11.3 Å². The molecule has 0 saturated carbocycles. The first kappa shape index (κ1) is 17.5. The highest BCUT2D eigenvalue weighted by atomic mass is 35.5. The fourth-order valence-corrected chi connectivity index (χ4v) is 5.26. The summed E-state index contributed by atoms with van der Waals surface area (Å²) in [7, 11) is 0. The molecule has 5 rings (SSSR count). The van der Waals surface area contributed by atoms with Gasteiger partial charge >= 0.3 is 0 Å². The Morgan fingerprint density at radius 1 is 0.679 bits per heavy atom. The van der Waals surface area contributed by atoms with Gasteiger partial charge in [-0.1, -0.05) is 73.1 Å². The highest BCUT2D eigenvalue weighted by Gasteiger charge is 2.12. The summed E-state index contributed by atoms with van der Waals surface area (Å²) in [5.74, 6) is 0. The van der Waals surface area contributed by atoms with Crippen LogP contribution in [0.2, 0.25) is 5.02 Å². The molecule has 0 N–H and O–H groups in total. The van der Waals surface area contributed by atoms with E-state index in [2.05, 4.69) is 85.8 Å². The molecule has 0 amide bonds. The van der Waals surface area contributed by atoms with E-state index in [1.54, 1.807) is 0 Å². The van der Waals surface area contributed by atoms with E-state index in [9.17, 15) is 0 Å². The highest BCUT2D eigenvalue weighted by molar-refractivity contribution is 7.26. The van der Waals surface area contributed by atoms with Gasteiger partial charge in [0.2, 0.25) is 0 Å². The van der Waals surface area contributed by atoms with Crippen LogP contribution in [0.15, 0.2) is 84.9 Å². The van der Waals surface area contributed by atoms with E-state index >= 15 is 0 Å². The largest absolute Gasteiger partial charge is 0.135 e. The quantitative estimate of drug-likeness (QED) is 0.285. The third kappa shape index (κ3) is 3.01. The summed E-state index contributed by atoms with van der Waals surface area (Å²) in [5.41, 5.74) is 6.41. The van der Waals surface area contributed by atoms with Crippen molar-refractivity contribution >= 4 is 43.1 Å². The summed E-state index contributed by atoms with van der Waals surface area (Å²) in [6.07, 6.45) is 1.02. The van der Waals surface area contributed by atoms with Gasteiger partial charge < -0.3 is 0 Å². The number of thiophene rings is 1. The van der Waals surface area contributed by atoms with Gasteiger partial charge in [-0.3, -0.25) is 0 Å². The zero-order valence-electron chi connectivity index (χ0n) is 15.6. The van der Waals surface area contributed by atoms with Crippen LogP contribution in [-0.4, -0.2) is 0 Å². The summed E-state index contributed by atoms with van der Waals surface area (Å²) in [6.45, 7) is 2.23. The maximum atomic E-state index is 6.29. The van der Waals surface area contributed by atoms with Gasteiger partial charge in [0, 0.05) is 25.2 Å². The van der Waals surface area contributed by atoms with Crippen LogP contribution in [0.1, 0.15) is 12.5 Å². The van der Waals surface area contributed by atoms with E-state index in [1.807, 2.05) is 17.4 Å². The molecular weight excluding hydrogens is 380 g/mol. The van der Waals surface area contributed by atoms with Crippen LogP contribution in [-0.2, 0) is 6.42 Å². The lowest BCUT2D eigenvalue weighted by atomic mass is 9.96. The molecule has 1 heterocycles. The lowest BCUT2D eigenvalue weighted by Gasteiger charge is -2.08. The Hall–Kier alpha value is -2.61. The number of hydrogen-bond acceptors (Lipinski definition) is 1. The second-order valence-electron chi connectivity index (χ2n) is 7.05. The zero-order valence-corrected chi connectivity index (χ0v) is 17.1. The lowest BCUT2D eigenvalue weighted by molar-refractivity contribution is 1.16. The Labute approximate surface area is 174 Å². The molecule has 136 valence electrons. The van der Waals surface area contributed by atoms with Crippen LogP contribution in [0, 0.1) is 0 Å². The van der Waals surface area contributed by atoms with Gasteiger partial charge in [0.25, 0.3) is 0 Å². The van der Waals surface area contributed by atoms with Gasteiger partial charge in [0.1, 0.15) is 0 Å². The Bertz CT molecular complexity index is 1280. The fourth-order valence-electron chi connectivity index (χ4n) is 3.84. The molecule has 5 aromatic rings. The van der Waals surface area contributed by atoms with Crippen molar-refractivity contribution < 1.29 is 0 Å². The summed E-state index contributed by atoms with van der Waals surface area (Å²) in [4.78, 5) is 0. The molecule has 1 aromatic heterocycles. The van der Waals surface area contributed by atoms with E-state index in [4.69, 9.17) is 11.6 Å². The monoisotopic (exact) mass is 398 g/mol. The molecule has 0 aliphatic rings. The van der Waals surface area contributed by atoms with Crippen LogP contribution in [0.4, 0.5) is 0 Å². The number of benzene rings is 4. The Kier molecular flexibility index (Phi) is 4.43. The van der Waals surface area contributed by atoms with Gasteiger partial charge in [0.05, 0.1) is 0 Å². The topological polar surface area (TPSA) is 0 Å². The van der Waals surface area contributed by atoms with Crippen molar-refractivity contribution in [3.63, 3.8) is 0 Å². The van der Waals surface area contributed by atoms with E-state index in [-0.39, 0.29) is 0 Å². The van der Waals surface area contributed by atoms with Crippen LogP contribution < -0.4 is 0 Å². The van der Waals surface area contributed by atoms with Crippen molar-refractivity contribution in [1.82, 2.24) is 0 Å². The van der Waals surface area contributed by atoms with Gasteiger partial charge in [0.15, 0.2) is 0 Å². The lowest BCUT2D eigenvalue weighted by Crippen LogP contribution is -1.85. The Morgan fingerprint density at radius 2 is 1.36 bits per heavy atom. The maximum absolute atomic E-state index is 6.29. The fraction of sp³-hybridized carbons (Fsp3) is 0.0769. The first-order valence-electron chi connectivity index (χ1n) is 9.53. The molecule has 0 nitrogen and oxygen atoms in total. The number of aryl methyl sites for hydroxylation is 1. The van der Waals surface area contributed by atoms with Crippen molar-refractivity contribution in [2.75, 3.05) is 0 Å². The van der Waals surface area contributed by atoms with Crippen molar-refractivity contribution in [1.29, 1.82) is 0 Å². The highest BCUT2D eigenvalue weighted by Crippen LogP contribution is 2.40. The first-order chi connectivity index (χ1) is 13.7. The summed E-state index contributed by atoms with van der Waals surface area (Å²) < 4.78 is 2.68. The predicted molar refractivity (Wildman–Crippen MR) is 125 cm³/mol. The molecule has 4 aromatic carbocycles. The van der Waals surface area contributed by atoms with Gasteiger partial charge in [-0.2, -0.15) is 0 Å². The van der Waals surface area contributed by atoms with Gasteiger partial charge in [-0.25, -0.2) is 0 Å². The summed E-state index contributed by atoms with van der Waals surface area (Å²) in [6, 6.07) is 30.3. The van der Waals surface area contributed by atoms with Crippen molar-refractivity contribution in [2.24, 2.45) is 0 Å². The third-order valence-electron chi connectivity index (χ3n) is 5.32. The number of hydrogen-bond donors (Lipinski definition) is 0. The molecule has 2 heteroatoms. The number of rotatable bonds is 3. The van der Waals surface area contributed by atoms with Crippen molar-refractivity contribution in [3.05, 3.63) is 95.5 Å². The predicted octanol–water partition coefficient (Wildman–Crippen LogP) is 8.60. The molecule has 0 spiro atoms. The molecule has 0 bridgehead atoms. The van der Waals surface area contributed by atoms with Crippen LogP contribution in [0.5, 0.6) is 0 Å². The third-order valence-corrected chi connectivity index (χ3v) is 6.81. The van der Waals surface area contributed by atoms with Crippen molar-refractivity contribution in [2.45, 2.75) is 13.3 Å². The van der Waals surface area contributed by atoms with E-state index in [0.29, 0.717) is 0 Å². The van der Waals surface area contributed by atoms with Crippen LogP contribution in [0.25, 0.3) is 42.4 Å². The minimum absolute atomic E-state index is 0.794. The summed E-state index contributed by atoms with van der Waals surface area (Å²) >= 11 is 8.15. The van der Waals surface area contributed by atoms with E-state index in [1.165, 1.54) is 48.0 Å². The second kappa shape index (κ2) is 7.09. The summed E-state index contributed by atoms with van der Waals surface area (Å²) in [5, 5.41) is 3.36. The van der Waals surface area contributed by atoms with E-state index < -0.39 is 0 Å². The normalized spacial score (nSPS) is 11.4. The smallest absolute Gasteiger partial charge is 0.0413 e.